The molecule has 0 aromatic carbocycles. The van der Waals surface area contributed by atoms with Crippen molar-refractivity contribution in [2.75, 3.05) is 0 Å². The second-order valence-electron chi connectivity index (χ2n) is 2.41. The molecule has 50 valence electrons. The zero-order valence-electron chi connectivity index (χ0n) is 7.12. The molecule has 0 aromatic heterocycles. The van der Waals surface area contributed by atoms with E-state index in [4.69, 9.17) is 0 Å². The first-order valence-corrected chi connectivity index (χ1v) is 2.71. The van der Waals surface area contributed by atoms with E-state index in [9.17, 15) is 0 Å². The van der Waals surface area contributed by atoms with E-state index in [0.29, 0.717) is 0 Å². The number of hydrogen-bond donors (Lipinski definition) is 0. The van der Waals surface area contributed by atoms with E-state index in [-0.39, 0.29) is 19.5 Å². The molecule has 0 unspecified atom stereocenters. The molecular weight excluding hydrogens is 161 g/mol. The van der Waals surface area contributed by atoms with Gasteiger partial charge in [-0.3, -0.25) is 0 Å². The number of allylic oxidation sites excluding steroid dienone is 2. The summed E-state index contributed by atoms with van der Waals surface area (Å²) in [5, 5.41) is 0. The minimum absolute atomic E-state index is 0. The topological polar surface area (TPSA) is 0 Å². The fourth-order valence-corrected chi connectivity index (χ4v) is 0. The minimum Gasteiger partial charge on any atom is -0.100 e. The van der Waals surface area contributed by atoms with Gasteiger partial charge in [0, 0.05) is 19.5 Å². The molecule has 0 aliphatic carbocycles. The van der Waals surface area contributed by atoms with E-state index in [1.807, 2.05) is 27.7 Å². The normalized spacial score (nSPS) is 5.78. The first-order valence-electron chi connectivity index (χ1n) is 2.71. The summed E-state index contributed by atoms with van der Waals surface area (Å²) in [5.74, 6) is 0. The Labute approximate surface area is 71.8 Å². The molecule has 0 nitrogen and oxygen atoms in total. The smallest absolute Gasteiger partial charge is 0 e. The van der Waals surface area contributed by atoms with Gasteiger partial charge in [0.25, 0.3) is 0 Å². The van der Waals surface area contributed by atoms with E-state index >= 15 is 0 Å². The fourth-order valence-electron chi connectivity index (χ4n) is 0. The Morgan fingerprint density at radius 3 is 0.778 bits per heavy atom. The maximum atomic E-state index is 3.56. The van der Waals surface area contributed by atoms with E-state index in [0.717, 1.165) is 0 Å². The largest absolute Gasteiger partial charge is 0.100 e. The SMILES string of the molecule is C=C(C)C.C=C(C)C.[Zn]. The van der Waals surface area contributed by atoms with Gasteiger partial charge in [0.1, 0.15) is 0 Å². The Morgan fingerprint density at radius 1 is 0.778 bits per heavy atom. The van der Waals surface area contributed by atoms with Crippen molar-refractivity contribution >= 4 is 0 Å². The molecule has 1 heteroatoms. The van der Waals surface area contributed by atoms with Crippen LogP contribution in [0.5, 0.6) is 0 Å². The van der Waals surface area contributed by atoms with Gasteiger partial charge >= 0.3 is 0 Å². The Kier molecular flexibility index (Phi) is 19.6. The van der Waals surface area contributed by atoms with Gasteiger partial charge in [-0.25, -0.2) is 0 Å². The van der Waals surface area contributed by atoms with Crippen LogP contribution in [0.2, 0.25) is 0 Å². The Bertz CT molecular complexity index is 62.6. The van der Waals surface area contributed by atoms with E-state index < -0.39 is 0 Å². The van der Waals surface area contributed by atoms with E-state index in [1.54, 1.807) is 0 Å². The maximum absolute atomic E-state index is 3.56. The fraction of sp³-hybridized carbons (Fsp3) is 0.500. The number of hydrogen-bond acceptors (Lipinski definition) is 0. The van der Waals surface area contributed by atoms with Crippen LogP contribution in [-0.4, -0.2) is 0 Å². The van der Waals surface area contributed by atoms with Crippen LogP contribution in [0, 0.1) is 0 Å². The molecule has 0 amide bonds. The molecule has 0 atom stereocenters. The predicted octanol–water partition coefficient (Wildman–Crippen LogP) is 3.16. The van der Waals surface area contributed by atoms with Gasteiger partial charge in [-0.15, -0.1) is 13.2 Å². The molecular formula is C8H16Zn. The molecule has 0 bridgehead atoms. The van der Waals surface area contributed by atoms with Gasteiger partial charge in [-0.1, -0.05) is 11.1 Å². The van der Waals surface area contributed by atoms with Gasteiger partial charge < -0.3 is 0 Å². The van der Waals surface area contributed by atoms with Gasteiger partial charge in [0.05, 0.1) is 0 Å². The number of rotatable bonds is 0. The van der Waals surface area contributed by atoms with Crippen molar-refractivity contribution in [2.45, 2.75) is 27.7 Å². The quantitative estimate of drug-likeness (QED) is 0.394. The molecule has 0 aliphatic rings. The molecule has 9 heavy (non-hydrogen) atoms. The summed E-state index contributed by atoms with van der Waals surface area (Å²) in [6, 6.07) is 0. The molecule has 0 N–H and O–H groups in total. The molecule has 0 saturated carbocycles. The van der Waals surface area contributed by atoms with Gasteiger partial charge in [0.15, 0.2) is 0 Å². The van der Waals surface area contributed by atoms with Crippen molar-refractivity contribution in [1.82, 2.24) is 0 Å². The monoisotopic (exact) mass is 176 g/mol. The van der Waals surface area contributed by atoms with E-state index in [2.05, 4.69) is 13.2 Å². The average molecular weight is 178 g/mol. The van der Waals surface area contributed by atoms with Crippen LogP contribution in [0.15, 0.2) is 24.3 Å². The van der Waals surface area contributed by atoms with Crippen LogP contribution < -0.4 is 0 Å². The van der Waals surface area contributed by atoms with Crippen LogP contribution in [0.1, 0.15) is 27.7 Å². The Morgan fingerprint density at radius 2 is 0.778 bits per heavy atom. The van der Waals surface area contributed by atoms with Gasteiger partial charge in [0.2, 0.25) is 0 Å². The molecule has 0 aromatic rings. The second kappa shape index (κ2) is 11.0. The van der Waals surface area contributed by atoms with Crippen molar-refractivity contribution in [3.05, 3.63) is 24.3 Å². The molecule has 0 aliphatic heterocycles. The summed E-state index contributed by atoms with van der Waals surface area (Å²) in [5.41, 5.74) is 2.33. The second-order valence-corrected chi connectivity index (χ2v) is 2.41. The van der Waals surface area contributed by atoms with Crippen LogP contribution >= 0.6 is 0 Å². The maximum Gasteiger partial charge on any atom is 0 e. The molecule has 0 rings (SSSR count). The molecule has 0 fully saturated rings. The van der Waals surface area contributed by atoms with Crippen LogP contribution in [0.3, 0.4) is 0 Å². The summed E-state index contributed by atoms with van der Waals surface area (Å²) >= 11 is 0. The zero-order chi connectivity index (χ0) is 7.15. The molecule has 0 saturated heterocycles. The van der Waals surface area contributed by atoms with Crippen molar-refractivity contribution in [3.63, 3.8) is 0 Å². The summed E-state index contributed by atoms with van der Waals surface area (Å²) < 4.78 is 0. The average Bonchev–Trinajstić information content (AvgIpc) is 1.25. The minimum atomic E-state index is 0. The van der Waals surface area contributed by atoms with Crippen LogP contribution in [0.4, 0.5) is 0 Å². The Hall–Kier alpha value is 0.103. The zero-order valence-corrected chi connectivity index (χ0v) is 10.1. The predicted molar refractivity (Wildman–Crippen MR) is 41.0 cm³/mol. The molecule has 0 radical (unpaired) electrons. The van der Waals surface area contributed by atoms with Crippen molar-refractivity contribution in [1.29, 1.82) is 0 Å². The first-order chi connectivity index (χ1) is 3.46. The third kappa shape index (κ3) is 28200. The summed E-state index contributed by atoms with van der Waals surface area (Å²) in [6.45, 7) is 15.0. The first kappa shape index (κ1) is 16.0. The summed E-state index contributed by atoms with van der Waals surface area (Å²) in [7, 11) is 0. The van der Waals surface area contributed by atoms with Crippen molar-refractivity contribution in [3.8, 4) is 0 Å². The van der Waals surface area contributed by atoms with Crippen LogP contribution in [0.25, 0.3) is 0 Å². The van der Waals surface area contributed by atoms with E-state index in [1.165, 1.54) is 11.1 Å². The molecule has 0 spiro atoms. The van der Waals surface area contributed by atoms with Crippen molar-refractivity contribution < 1.29 is 19.5 Å². The standard InChI is InChI=1S/2C4H8.Zn/c2*1-4(2)3;/h2*1H2,2-3H3;. The third-order valence-corrected chi connectivity index (χ3v) is 0. The summed E-state index contributed by atoms with van der Waals surface area (Å²) in [6.07, 6.45) is 0. The van der Waals surface area contributed by atoms with Crippen molar-refractivity contribution in [2.24, 2.45) is 0 Å². The Balaban J connectivity index is -0.0000000720. The molecule has 0 heterocycles. The van der Waals surface area contributed by atoms with Crippen LogP contribution in [-0.2, 0) is 19.5 Å². The summed E-state index contributed by atoms with van der Waals surface area (Å²) in [4.78, 5) is 0. The van der Waals surface area contributed by atoms with Gasteiger partial charge in [-0.2, -0.15) is 0 Å². The van der Waals surface area contributed by atoms with Gasteiger partial charge in [-0.05, 0) is 27.7 Å². The third-order valence-electron chi connectivity index (χ3n) is 0.